The summed E-state index contributed by atoms with van der Waals surface area (Å²) in [7, 11) is 2.09. The summed E-state index contributed by atoms with van der Waals surface area (Å²) in [6.07, 6.45) is 2.60. The average Bonchev–Trinajstić information content (AvgIpc) is 2.14. The van der Waals surface area contributed by atoms with Crippen LogP contribution in [0.15, 0.2) is 0 Å². The fraction of sp³-hybridized carbons (Fsp3) is 0.900. The lowest BCUT2D eigenvalue weighted by atomic mass is 10.1. The van der Waals surface area contributed by atoms with Crippen molar-refractivity contribution < 1.29 is 4.79 Å². The topological polar surface area (TPSA) is 58.4 Å². The van der Waals surface area contributed by atoms with E-state index in [1.165, 1.54) is 6.42 Å². The van der Waals surface area contributed by atoms with Gasteiger partial charge in [0.15, 0.2) is 0 Å². The van der Waals surface area contributed by atoms with Gasteiger partial charge < -0.3 is 4.90 Å². The maximum absolute atomic E-state index is 10.8. The number of nitrogens with zero attached hydrogens (tertiary/aromatic N) is 1. The first-order chi connectivity index (χ1) is 6.56. The van der Waals surface area contributed by atoms with Crippen molar-refractivity contribution in [1.29, 1.82) is 0 Å². The fourth-order valence-electron chi connectivity index (χ4n) is 1.17. The minimum Gasteiger partial charge on any atom is -0.306 e. The molecule has 0 rings (SSSR count). The predicted octanol–water partition coefficient (Wildman–Crippen LogP) is 0.734. The Morgan fingerprint density at radius 3 is 2.57 bits per heavy atom. The number of rotatable bonds is 7. The second kappa shape index (κ2) is 7.76. The highest BCUT2D eigenvalue weighted by molar-refractivity contribution is 5.75. The Morgan fingerprint density at radius 2 is 2.07 bits per heavy atom. The third-order valence-corrected chi connectivity index (χ3v) is 2.19. The molecule has 0 aromatic heterocycles. The minimum absolute atomic E-state index is 0.0812. The molecule has 3 N–H and O–H groups in total. The van der Waals surface area contributed by atoms with E-state index in [9.17, 15) is 4.79 Å². The maximum Gasteiger partial charge on any atom is 0.233 e. The quantitative estimate of drug-likeness (QED) is 0.363. The Bertz CT molecular complexity index is 159. The van der Waals surface area contributed by atoms with Gasteiger partial charge in [-0.2, -0.15) is 0 Å². The van der Waals surface area contributed by atoms with E-state index in [1.807, 2.05) is 0 Å². The molecule has 0 unspecified atom stereocenters. The molecule has 0 spiro atoms. The minimum atomic E-state index is -0.0812. The first kappa shape index (κ1) is 13.4. The van der Waals surface area contributed by atoms with Crippen LogP contribution in [0.2, 0.25) is 0 Å². The number of hydrazine groups is 1. The molecule has 0 aliphatic rings. The number of amides is 1. The Kier molecular flexibility index (Phi) is 7.42. The molecule has 0 radical (unpaired) electrons. The summed E-state index contributed by atoms with van der Waals surface area (Å²) in [6, 6.07) is 0. The molecule has 0 bridgehead atoms. The first-order valence-corrected chi connectivity index (χ1v) is 5.24. The van der Waals surface area contributed by atoms with Crippen molar-refractivity contribution in [3.63, 3.8) is 0 Å². The second-order valence-corrected chi connectivity index (χ2v) is 4.16. The molecule has 0 saturated heterocycles. The zero-order valence-corrected chi connectivity index (χ0v) is 9.55. The van der Waals surface area contributed by atoms with Gasteiger partial charge in [-0.25, -0.2) is 5.84 Å². The molecule has 84 valence electrons. The molecule has 0 aliphatic carbocycles. The van der Waals surface area contributed by atoms with E-state index in [4.69, 9.17) is 5.84 Å². The van der Waals surface area contributed by atoms with Crippen LogP contribution in [0, 0.1) is 5.92 Å². The lowest BCUT2D eigenvalue weighted by Gasteiger charge is -2.17. The molecular weight excluding hydrogens is 178 g/mol. The van der Waals surface area contributed by atoms with E-state index in [0.29, 0.717) is 6.42 Å². The third kappa shape index (κ3) is 8.01. The van der Waals surface area contributed by atoms with Gasteiger partial charge in [-0.3, -0.25) is 10.2 Å². The van der Waals surface area contributed by atoms with Gasteiger partial charge in [0.2, 0.25) is 5.91 Å². The van der Waals surface area contributed by atoms with Crippen molar-refractivity contribution in [2.24, 2.45) is 11.8 Å². The summed E-state index contributed by atoms with van der Waals surface area (Å²) in [6.45, 7) is 6.49. The number of nitrogens with one attached hydrogen (secondary N) is 1. The van der Waals surface area contributed by atoms with Crippen molar-refractivity contribution >= 4 is 5.91 Å². The number of hydrogen-bond acceptors (Lipinski definition) is 3. The highest BCUT2D eigenvalue weighted by Gasteiger charge is 2.02. The fourth-order valence-corrected chi connectivity index (χ4v) is 1.17. The molecule has 0 aromatic rings. The predicted molar refractivity (Wildman–Crippen MR) is 58.5 cm³/mol. The van der Waals surface area contributed by atoms with E-state index in [-0.39, 0.29) is 5.91 Å². The van der Waals surface area contributed by atoms with Crippen LogP contribution < -0.4 is 11.3 Å². The molecule has 14 heavy (non-hydrogen) atoms. The Labute approximate surface area is 86.8 Å². The first-order valence-electron chi connectivity index (χ1n) is 5.24. The zero-order valence-electron chi connectivity index (χ0n) is 9.55. The van der Waals surface area contributed by atoms with Gasteiger partial charge in [-0.1, -0.05) is 13.8 Å². The highest BCUT2D eigenvalue weighted by atomic mass is 16.2. The van der Waals surface area contributed by atoms with Crippen LogP contribution >= 0.6 is 0 Å². The van der Waals surface area contributed by atoms with Crippen LogP contribution in [-0.2, 0) is 4.79 Å². The molecule has 0 saturated carbocycles. The van der Waals surface area contributed by atoms with Crippen molar-refractivity contribution in [2.45, 2.75) is 33.1 Å². The molecular formula is C10H23N3O. The van der Waals surface area contributed by atoms with Gasteiger partial charge in [0.1, 0.15) is 0 Å². The molecule has 1 amide bonds. The molecule has 4 nitrogen and oxygen atoms in total. The van der Waals surface area contributed by atoms with Gasteiger partial charge in [0.05, 0.1) is 0 Å². The summed E-state index contributed by atoms with van der Waals surface area (Å²) in [5.74, 6) is 5.63. The Hall–Kier alpha value is -0.610. The Morgan fingerprint density at radius 1 is 1.43 bits per heavy atom. The molecule has 0 atom stereocenters. The van der Waals surface area contributed by atoms with Gasteiger partial charge in [0, 0.05) is 6.42 Å². The molecule has 0 aliphatic heterocycles. The van der Waals surface area contributed by atoms with Crippen LogP contribution in [0.5, 0.6) is 0 Å². The van der Waals surface area contributed by atoms with Crippen molar-refractivity contribution in [3.8, 4) is 0 Å². The van der Waals surface area contributed by atoms with E-state index in [1.54, 1.807) is 0 Å². The van der Waals surface area contributed by atoms with Crippen LogP contribution in [0.25, 0.3) is 0 Å². The number of carbonyl (C=O) groups excluding carboxylic acids is 1. The molecule has 0 aromatic carbocycles. The highest BCUT2D eigenvalue weighted by Crippen LogP contribution is 2.01. The maximum atomic E-state index is 10.8. The average molecular weight is 201 g/mol. The van der Waals surface area contributed by atoms with E-state index < -0.39 is 0 Å². The SMILES string of the molecule is CC(C)CCN(C)CCCC(=O)NN. The number of nitrogens with two attached hydrogens (primary N) is 1. The normalized spacial score (nSPS) is 11.0. The summed E-state index contributed by atoms with van der Waals surface area (Å²) in [5.41, 5.74) is 2.13. The summed E-state index contributed by atoms with van der Waals surface area (Å²) in [4.78, 5) is 13.1. The van der Waals surface area contributed by atoms with Gasteiger partial charge in [-0.05, 0) is 38.9 Å². The van der Waals surface area contributed by atoms with Crippen LogP contribution in [0.1, 0.15) is 33.1 Å². The smallest absolute Gasteiger partial charge is 0.233 e. The van der Waals surface area contributed by atoms with E-state index in [2.05, 4.69) is 31.2 Å². The van der Waals surface area contributed by atoms with Crippen molar-refractivity contribution in [2.75, 3.05) is 20.1 Å². The van der Waals surface area contributed by atoms with Gasteiger partial charge in [0.25, 0.3) is 0 Å². The van der Waals surface area contributed by atoms with Crippen LogP contribution in [0.4, 0.5) is 0 Å². The summed E-state index contributed by atoms with van der Waals surface area (Å²) >= 11 is 0. The standard InChI is InChI=1S/C10H23N3O/c1-9(2)6-8-13(3)7-4-5-10(14)12-11/h9H,4-8,11H2,1-3H3,(H,12,14). The third-order valence-electron chi connectivity index (χ3n) is 2.19. The number of hydrogen-bond donors (Lipinski definition) is 2. The van der Waals surface area contributed by atoms with Gasteiger partial charge in [-0.15, -0.1) is 0 Å². The summed E-state index contributed by atoms with van der Waals surface area (Å²) in [5, 5.41) is 0. The lowest BCUT2D eigenvalue weighted by molar-refractivity contribution is -0.121. The lowest BCUT2D eigenvalue weighted by Crippen LogP contribution is -2.31. The monoisotopic (exact) mass is 201 g/mol. The number of carbonyl (C=O) groups is 1. The zero-order chi connectivity index (χ0) is 11.0. The van der Waals surface area contributed by atoms with Crippen LogP contribution in [-0.4, -0.2) is 30.9 Å². The molecule has 4 heteroatoms. The van der Waals surface area contributed by atoms with Gasteiger partial charge >= 0.3 is 0 Å². The van der Waals surface area contributed by atoms with E-state index >= 15 is 0 Å². The summed E-state index contributed by atoms with van der Waals surface area (Å²) < 4.78 is 0. The Balaban J connectivity index is 3.35. The largest absolute Gasteiger partial charge is 0.306 e. The second-order valence-electron chi connectivity index (χ2n) is 4.16. The van der Waals surface area contributed by atoms with Crippen molar-refractivity contribution in [3.05, 3.63) is 0 Å². The van der Waals surface area contributed by atoms with Crippen molar-refractivity contribution in [1.82, 2.24) is 10.3 Å². The van der Waals surface area contributed by atoms with Crippen LogP contribution in [0.3, 0.4) is 0 Å². The molecule has 0 fully saturated rings. The van der Waals surface area contributed by atoms with E-state index in [0.717, 1.165) is 25.4 Å². The molecule has 0 heterocycles.